The number of nitrogens with zero attached hydrogens (tertiary/aromatic N) is 3. The first-order chi connectivity index (χ1) is 11.1. The van der Waals surface area contributed by atoms with Crippen molar-refractivity contribution in [3.8, 4) is 5.69 Å². The number of carbonyl (C=O) groups excluding carboxylic acids is 1. The standard InChI is InChI=1S/C16H12Cl2N4O/c17-12-6-11(7-13(18)8-12)9-19-16(23)15-10-20-21-22(15)14-4-2-1-3-5-14/h1-8,10H,9H2,(H,19,23). The van der Waals surface area contributed by atoms with Crippen LogP contribution in [0.25, 0.3) is 5.69 Å². The third-order valence-electron chi connectivity index (χ3n) is 3.16. The highest BCUT2D eigenvalue weighted by atomic mass is 35.5. The van der Waals surface area contributed by atoms with Crippen LogP contribution in [0.15, 0.2) is 54.7 Å². The van der Waals surface area contributed by atoms with Gasteiger partial charge in [0.25, 0.3) is 5.91 Å². The van der Waals surface area contributed by atoms with E-state index in [0.717, 1.165) is 11.3 Å². The molecule has 2 aromatic carbocycles. The van der Waals surface area contributed by atoms with Gasteiger partial charge < -0.3 is 5.32 Å². The van der Waals surface area contributed by atoms with E-state index in [0.29, 0.717) is 22.3 Å². The van der Waals surface area contributed by atoms with Crippen LogP contribution in [0.2, 0.25) is 10.0 Å². The molecule has 0 aliphatic carbocycles. The number of nitrogens with one attached hydrogen (secondary N) is 1. The van der Waals surface area contributed by atoms with Gasteiger partial charge in [-0.15, -0.1) is 5.10 Å². The third-order valence-corrected chi connectivity index (χ3v) is 3.59. The maximum absolute atomic E-state index is 12.4. The molecule has 0 aliphatic heterocycles. The van der Waals surface area contributed by atoms with E-state index in [9.17, 15) is 4.79 Å². The molecule has 3 rings (SSSR count). The smallest absolute Gasteiger partial charge is 0.271 e. The summed E-state index contributed by atoms with van der Waals surface area (Å²) in [5, 5.41) is 11.6. The predicted molar refractivity (Wildman–Crippen MR) is 89.0 cm³/mol. The van der Waals surface area contributed by atoms with Gasteiger partial charge in [-0.05, 0) is 35.9 Å². The Morgan fingerprint density at radius 1 is 1.09 bits per heavy atom. The zero-order valence-electron chi connectivity index (χ0n) is 11.9. The number of aromatic nitrogens is 3. The van der Waals surface area contributed by atoms with E-state index in [-0.39, 0.29) is 5.91 Å². The summed E-state index contributed by atoms with van der Waals surface area (Å²) in [4.78, 5) is 12.4. The molecule has 1 heterocycles. The maximum Gasteiger partial charge on any atom is 0.271 e. The molecule has 0 bridgehead atoms. The van der Waals surface area contributed by atoms with Crippen LogP contribution in [0, 0.1) is 0 Å². The number of hydrogen-bond donors (Lipinski definition) is 1. The van der Waals surface area contributed by atoms with E-state index >= 15 is 0 Å². The fourth-order valence-corrected chi connectivity index (χ4v) is 2.71. The van der Waals surface area contributed by atoms with Crippen LogP contribution in [0.4, 0.5) is 0 Å². The van der Waals surface area contributed by atoms with Crippen molar-refractivity contribution >= 4 is 29.1 Å². The van der Waals surface area contributed by atoms with Crippen molar-refractivity contribution in [2.75, 3.05) is 0 Å². The Hall–Kier alpha value is -2.37. The molecule has 0 saturated carbocycles. The van der Waals surface area contributed by atoms with E-state index in [1.807, 2.05) is 30.3 Å². The molecule has 5 nitrogen and oxygen atoms in total. The third kappa shape index (κ3) is 3.70. The molecular formula is C16H12Cl2N4O. The lowest BCUT2D eigenvalue weighted by Gasteiger charge is -2.08. The van der Waals surface area contributed by atoms with E-state index in [1.54, 1.807) is 18.2 Å². The Morgan fingerprint density at radius 2 is 1.78 bits per heavy atom. The van der Waals surface area contributed by atoms with Gasteiger partial charge in [-0.25, -0.2) is 4.68 Å². The lowest BCUT2D eigenvalue weighted by atomic mass is 10.2. The van der Waals surface area contributed by atoms with Crippen LogP contribution in [0.1, 0.15) is 16.1 Å². The molecule has 0 atom stereocenters. The monoisotopic (exact) mass is 346 g/mol. The number of carbonyl (C=O) groups is 1. The first-order valence-electron chi connectivity index (χ1n) is 6.83. The van der Waals surface area contributed by atoms with Gasteiger partial charge in [0, 0.05) is 16.6 Å². The molecular weight excluding hydrogens is 335 g/mol. The summed E-state index contributed by atoms with van der Waals surface area (Å²) < 4.78 is 1.49. The molecule has 1 amide bonds. The Morgan fingerprint density at radius 3 is 2.48 bits per heavy atom. The molecule has 1 aromatic heterocycles. The summed E-state index contributed by atoms with van der Waals surface area (Å²) in [6, 6.07) is 14.5. The van der Waals surface area contributed by atoms with Crippen molar-refractivity contribution in [3.05, 3.63) is 76.0 Å². The van der Waals surface area contributed by atoms with Crippen LogP contribution in [0.5, 0.6) is 0 Å². The molecule has 0 aliphatic rings. The van der Waals surface area contributed by atoms with Gasteiger partial charge in [0.2, 0.25) is 0 Å². The van der Waals surface area contributed by atoms with E-state index in [1.165, 1.54) is 10.9 Å². The summed E-state index contributed by atoms with van der Waals surface area (Å²) >= 11 is 11.9. The average molecular weight is 347 g/mol. The number of hydrogen-bond acceptors (Lipinski definition) is 3. The van der Waals surface area contributed by atoms with Gasteiger partial charge in [0.1, 0.15) is 0 Å². The Bertz CT molecular complexity index is 813. The predicted octanol–water partition coefficient (Wildman–Crippen LogP) is 3.50. The number of amides is 1. The fourth-order valence-electron chi connectivity index (χ4n) is 2.14. The van der Waals surface area contributed by atoms with E-state index in [4.69, 9.17) is 23.2 Å². The summed E-state index contributed by atoms with van der Waals surface area (Å²) in [5.41, 5.74) is 1.93. The first-order valence-corrected chi connectivity index (χ1v) is 7.58. The lowest BCUT2D eigenvalue weighted by Crippen LogP contribution is -2.25. The molecule has 1 N–H and O–H groups in total. The molecule has 0 unspecified atom stereocenters. The SMILES string of the molecule is O=C(NCc1cc(Cl)cc(Cl)c1)c1cnnn1-c1ccccc1. The van der Waals surface area contributed by atoms with Crippen molar-refractivity contribution in [2.45, 2.75) is 6.54 Å². The molecule has 7 heteroatoms. The van der Waals surface area contributed by atoms with Crippen LogP contribution in [0.3, 0.4) is 0 Å². The second-order valence-electron chi connectivity index (χ2n) is 4.83. The highest BCUT2D eigenvalue weighted by Gasteiger charge is 2.14. The quantitative estimate of drug-likeness (QED) is 0.786. The Kier molecular flexibility index (Phi) is 4.60. The molecule has 116 valence electrons. The zero-order chi connectivity index (χ0) is 16.2. The molecule has 0 fully saturated rings. The molecule has 3 aromatic rings. The van der Waals surface area contributed by atoms with Gasteiger partial charge in [0.15, 0.2) is 5.69 Å². The molecule has 23 heavy (non-hydrogen) atoms. The van der Waals surface area contributed by atoms with Crippen LogP contribution < -0.4 is 5.32 Å². The number of para-hydroxylation sites is 1. The maximum atomic E-state index is 12.4. The first kappa shape index (κ1) is 15.5. The van der Waals surface area contributed by atoms with Crippen molar-refractivity contribution in [2.24, 2.45) is 0 Å². The van der Waals surface area contributed by atoms with Gasteiger partial charge in [-0.3, -0.25) is 4.79 Å². The second kappa shape index (κ2) is 6.81. The topological polar surface area (TPSA) is 59.8 Å². The van der Waals surface area contributed by atoms with Crippen molar-refractivity contribution < 1.29 is 4.79 Å². The summed E-state index contributed by atoms with van der Waals surface area (Å²) in [6.45, 7) is 0.305. The van der Waals surface area contributed by atoms with Crippen molar-refractivity contribution in [3.63, 3.8) is 0 Å². The fraction of sp³-hybridized carbons (Fsp3) is 0.0625. The van der Waals surface area contributed by atoms with E-state index < -0.39 is 0 Å². The van der Waals surface area contributed by atoms with Crippen molar-refractivity contribution in [1.82, 2.24) is 20.3 Å². The Labute approximate surface area is 142 Å². The van der Waals surface area contributed by atoms with Gasteiger partial charge in [0.05, 0.1) is 11.9 Å². The minimum Gasteiger partial charge on any atom is -0.347 e. The number of halogens is 2. The zero-order valence-corrected chi connectivity index (χ0v) is 13.4. The largest absolute Gasteiger partial charge is 0.347 e. The minimum atomic E-state index is -0.282. The van der Waals surface area contributed by atoms with Crippen molar-refractivity contribution in [1.29, 1.82) is 0 Å². The average Bonchev–Trinajstić information content (AvgIpc) is 3.02. The molecule has 0 saturated heterocycles. The van der Waals surface area contributed by atoms with Crippen LogP contribution in [-0.4, -0.2) is 20.9 Å². The summed E-state index contributed by atoms with van der Waals surface area (Å²) in [6.07, 6.45) is 1.42. The summed E-state index contributed by atoms with van der Waals surface area (Å²) in [7, 11) is 0. The summed E-state index contributed by atoms with van der Waals surface area (Å²) in [5.74, 6) is -0.282. The van der Waals surface area contributed by atoms with Gasteiger partial charge in [-0.2, -0.15) is 0 Å². The van der Waals surface area contributed by atoms with Gasteiger partial charge >= 0.3 is 0 Å². The normalized spacial score (nSPS) is 10.5. The lowest BCUT2D eigenvalue weighted by molar-refractivity contribution is 0.0943. The Balaban J connectivity index is 1.76. The molecule has 0 spiro atoms. The van der Waals surface area contributed by atoms with Gasteiger partial charge in [-0.1, -0.05) is 46.6 Å². The highest BCUT2D eigenvalue weighted by Crippen LogP contribution is 2.19. The number of rotatable bonds is 4. The number of benzene rings is 2. The second-order valence-corrected chi connectivity index (χ2v) is 5.70. The minimum absolute atomic E-state index is 0.282. The molecule has 0 radical (unpaired) electrons. The van der Waals surface area contributed by atoms with Crippen LogP contribution >= 0.6 is 23.2 Å². The highest BCUT2D eigenvalue weighted by molar-refractivity contribution is 6.34. The van der Waals surface area contributed by atoms with E-state index in [2.05, 4.69) is 15.6 Å². The van der Waals surface area contributed by atoms with Crippen LogP contribution in [-0.2, 0) is 6.54 Å².